The second-order valence-corrected chi connectivity index (χ2v) is 11.7. The molecule has 0 saturated carbocycles. The van der Waals surface area contributed by atoms with Crippen molar-refractivity contribution in [1.82, 2.24) is 20.1 Å². The third-order valence-electron chi connectivity index (χ3n) is 6.50. The van der Waals surface area contributed by atoms with Gasteiger partial charge in [-0.1, -0.05) is 30.3 Å². The Morgan fingerprint density at radius 3 is 2.44 bits per heavy atom. The Hall–Kier alpha value is -3.73. The van der Waals surface area contributed by atoms with Crippen LogP contribution in [0.5, 0.6) is 5.75 Å². The molecule has 39 heavy (non-hydrogen) atoms. The van der Waals surface area contributed by atoms with E-state index in [1.165, 1.54) is 12.1 Å². The van der Waals surface area contributed by atoms with Crippen molar-refractivity contribution in [3.8, 4) is 17.1 Å². The lowest BCUT2D eigenvalue weighted by Crippen LogP contribution is -2.42. The Labute approximate surface area is 229 Å². The van der Waals surface area contributed by atoms with E-state index in [1.54, 1.807) is 49.6 Å². The highest BCUT2D eigenvalue weighted by molar-refractivity contribution is 7.92. The minimum absolute atomic E-state index is 0.179. The van der Waals surface area contributed by atoms with E-state index in [4.69, 9.17) is 4.74 Å². The summed E-state index contributed by atoms with van der Waals surface area (Å²) in [7, 11) is -2.08. The molecule has 1 unspecified atom stereocenters. The van der Waals surface area contributed by atoms with Gasteiger partial charge < -0.3 is 15.2 Å². The molecule has 0 bridgehead atoms. The van der Waals surface area contributed by atoms with E-state index in [1.807, 2.05) is 35.9 Å². The van der Waals surface area contributed by atoms with Crippen molar-refractivity contribution in [2.24, 2.45) is 0 Å². The molecule has 1 aromatic heterocycles. The lowest BCUT2D eigenvalue weighted by molar-refractivity contribution is 0.158. The van der Waals surface area contributed by atoms with Gasteiger partial charge in [0.2, 0.25) is 0 Å². The molecule has 1 atom stereocenters. The third-order valence-corrected chi connectivity index (χ3v) is 7.90. The van der Waals surface area contributed by atoms with Crippen LogP contribution in [0.2, 0.25) is 0 Å². The summed E-state index contributed by atoms with van der Waals surface area (Å²) in [5.74, 6) is 2.27. The summed E-state index contributed by atoms with van der Waals surface area (Å²) >= 11 is 0. The van der Waals surface area contributed by atoms with Crippen LogP contribution in [0.3, 0.4) is 0 Å². The Kier molecular flexibility index (Phi) is 8.69. The molecule has 0 aliphatic carbocycles. The number of aromatic nitrogens is 3. The van der Waals surface area contributed by atoms with Gasteiger partial charge in [0.05, 0.1) is 18.1 Å². The number of methoxy groups -OCH3 is 1. The molecule has 0 spiro atoms. The van der Waals surface area contributed by atoms with E-state index in [2.05, 4.69) is 34.0 Å². The number of anilines is 1. The standard InChI is InChI=1S/C29H35N5O4S/c1-21-31-28(22-13-15-25(38-4)16-14-22)32-34(21)18-17-29(2,3)30-20-27(35)23-9-8-10-24(19-23)33-39(36,37)26-11-6-5-7-12-26/h5-16,19,27,30,33,35H,17-18,20H2,1-4H3. The molecule has 4 rings (SSSR count). The minimum Gasteiger partial charge on any atom is -0.497 e. The maximum absolute atomic E-state index is 12.7. The number of aryl methyl sites for hydroxylation is 2. The molecule has 0 fully saturated rings. The zero-order valence-electron chi connectivity index (χ0n) is 22.6. The van der Waals surface area contributed by atoms with Crippen LogP contribution in [-0.4, -0.2) is 47.5 Å². The molecule has 3 N–H and O–H groups in total. The Morgan fingerprint density at radius 2 is 1.74 bits per heavy atom. The summed E-state index contributed by atoms with van der Waals surface area (Å²) < 4.78 is 35.0. The molecule has 3 aromatic carbocycles. The van der Waals surface area contributed by atoms with E-state index in [9.17, 15) is 13.5 Å². The number of sulfonamides is 1. The highest BCUT2D eigenvalue weighted by Gasteiger charge is 2.21. The van der Waals surface area contributed by atoms with Gasteiger partial charge in [-0.25, -0.2) is 18.1 Å². The van der Waals surface area contributed by atoms with Crippen molar-refractivity contribution in [3.63, 3.8) is 0 Å². The van der Waals surface area contributed by atoms with Crippen molar-refractivity contribution in [2.45, 2.75) is 50.3 Å². The summed E-state index contributed by atoms with van der Waals surface area (Å²) in [6.07, 6.45) is -0.0664. The molecular weight excluding hydrogens is 514 g/mol. The number of ether oxygens (including phenoxy) is 1. The van der Waals surface area contributed by atoms with E-state index in [0.29, 0.717) is 30.2 Å². The van der Waals surface area contributed by atoms with Gasteiger partial charge >= 0.3 is 0 Å². The van der Waals surface area contributed by atoms with Gasteiger partial charge in [0.1, 0.15) is 11.6 Å². The topological polar surface area (TPSA) is 118 Å². The lowest BCUT2D eigenvalue weighted by Gasteiger charge is -2.28. The lowest BCUT2D eigenvalue weighted by atomic mass is 9.99. The molecule has 206 valence electrons. The molecule has 0 radical (unpaired) electrons. The zero-order chi connectivity index (χ0) is 28.0. The summed E-state index contributed by atoms with van der Waals surface area (Å²) in [6.45, 7) is 7.03. The Morgan fingerprint density at radius 1 is 1.03 bits per heavy atom. The second-order valence-electron chi connectivity index (χ2n) is 10.0. The van der Waals surface area contributed by atoms with E-state index in [-0.39, 0.29) is 10.4 Å². The second kappa shape index (κ2) is 12.0. The van der Waals surface area contributed by atoms with Gasteiger partial charge in [0, 0.05) is 29.9 Å². The summed E-state index contributed by atoms with van der Waals surface area (Å²) in [5.41, 5.74) is 1.63. The van der Waals surface area contributed by atoms with E-state index >= 15 is 0 Å². The molecule has 4 aromatic rings. The number of aliphatic hydroxyl groups excluding tert-OH is 1. The maximum atomic E-state index is 12.7. The average molecular weight is 550 g/mol. The number of aliphatic hydroxyl groups is 1. The van der Waals surface area contributed by atoms with Crippen molar-refractivity contribution < 1.29 is 18.3 Å². The minimum atomic E-state index is -3.71. The van der Waals surface area contributed by atoms with Gasteiger partial charge in [0.25, 0.3) is 10.0 Å². The molecule has 0 saturated heterocycles. The first-order chi connectivity index (χ1) is 18.6. The van der Waals surface area contributed by atoms with Crippen molar-refractivity contribution in [3.05, 3.63) is 90.3 Å². The molecule has 10 heteroatoms. The summed E-state index contributed by atoms with van der Waals surface area (Å²) in [4.78, 5) is 4.78. The normalized spacial score (nSPS) is 12.7. The molecule has 0 amide bonds. The summed E-state index contributed by atoms with van der Waals surface area (Å²) in [5, 5.41) is 18.9. The fourth-order valence-electron chi connectivity index (χ4n) is 4.08. The average Bonchev–Trinajstić information content (AvgIpc) is 3.31. The number of nitrogens with one attached hydrogen (secondary N) is 2. The number of hydrogen-bond acceptors (Lipinski definition) is 7. The quantitative estimate of drug-likeness (QED) is 0.237. The van der Waals surface area contributed by atoms with Gasteiger partial charge in [-0.05, 0) is 81.3 Å². The maximum Gasteiger partial charge on any atom is 0.261 e. The predicted octanol–water partition coefficient (Wildman–Crippen LogP) is 4.55. The van der Waals surface area contributed by atoms with Crippen molar-refractivity contribution in [2.75, 3.05) is 18.4 Å². The number of rotatable bonds is 12. The SMILES string of the molecule is COc1ccc(-c2nc(C)n(CCC(C)(C)NCC(O)c3cccc(NS(=O)(=O)c4ccccc4)c3)n2)cc1. The predicted molar refractivity (Wildman–Crippen MR) is 152 cm³/mol. The van der Waals surface area contributed by atoms with E-state index < -0.39 is 16.1 Å². The van der Waals surface area contributed by atoms with Gasteiger partial charge in [-0.15, -0.1) is 0 Å². The zero-order valence-corrected chi connectivity index (χ0v) is 23.4. The fraction of sp³-hybridized carbons (Fsp3) is 0.310. The molecule has 0 aliphatic rings. The van der Waals surface area contributed by atoms with Crippen LogP contribution in [-0.2, 0) is 16.6 Å². The number of nitrogens with zero attached hydrogens (tertiary/aromatic N) is 3. The first-order valence-electron chi connectivity index (χ1n) is 12.7. The van der Waals surface area contributed by atoms with Gasteiger partial charge in [-0.3, -0.25) is 4.72 Å². The van der Waals surface area contributed by atoms with Crippen LogP contribution >= 0.6 is 0 Å². The van der Waals surface area contributed by atoms with Gasteiger partial charge in [-0.2, -0.15) is 5.10 Å². The highest BCUT2D eigenvalue weighted by atomic mass is 32.2. The monoisotopic (exact) mass is 549 g/mol. The van der Waals surface area contributed by atoms with Crippen LogP contribution < -0.4 is 14.8 Å². The molecule has 9 nitrogen and oxygen atoms in total. The molecule has 0 aliphatic heterocycles. The number of hydrogen-bond donors (Lipinski definition) is 3. The van der Waals surface area contributed by atoms with Crippen molar-refractivity contribution in [1.29, 1.82) is 0 Å². The smallest absolute Gasteiger partial charge is 0.261 e. The largest absolute Gasteiger partial charge is 0.497 e. The van der Waals surface area contributed by atoms with Crippen LogP contribution in [0.4, 0.5) is 5.69 Å². The highest BCUT2D eigenvalue weighted by Crippen LogP contribution is 2.23. The van der Waals surface area contributed by atoms with Crippen LogP contribution in [0.15, 0.2) is 83.8 Å². The van der Waals surface area contributed by atoms with Gasteiger partial charge in [0.15, 0.2) is 5.82 Å². The number of benzene rings is 3. The fourth-order valence-corrected chi connectivity index (χ4v) is 5.15. The van der Waals surface area contributed by atoms with Crippen LogP contribution in [0, 0.1) is 6.92 Å². The van der Waals surface area contributed by atoms with Crippen LogP contribution in [0.1, 0.15) is 37.8 Å². The van der Waals surface area contributed by atoms with Crippen LogP contribution in [0.25, 0.3) is 11.4 Å². The molecule has 1 heterocycles. The third kappa shape index (κ3) is 7.44. The Bertz CT molecular complexity index is 1490. The molecular formula is C29H35N5O4S. The summed E-state index contributed by atoms with van der Waals surface area (Å²) in [6, 6.07) is 22.6. The van der Waals surface area contributed by atoms with E-state index in [0.717, 1.165) is 23.6 Å². The Balaban J connectivity index is 1.33. The first kappa shape index (κ1) is 28.3. The number of β-amino-alcohol motifs (C(OH)–C–C–N with tert-alkyl or cyclic N) is 1. The van der Waals surface area contributed by atoms with Crippen molar-refractivity contribution >= 4 is 15.7 Å². The first-order valence-corrected chi connectivity index (χ1v) is 14.2.